The zero-order valence-corrected chi connectivity index (χ0v) is 22.4. The van der Waals surface area contributed by atoms with Crippen molar-refractivity contribution in [2.24, 2.45) is 0 Å². The van der Waals surface area contributed by atoms with Gasteiger partial charge >= 0.3 is 11.9 Å². The third kappa shape index (κ3) is 5.01. The van der Waals surface area contributed by atoms with Gasteiger partial charge in [-0.25, -0.2) is 9.59 Å². The average molecular weight is 525 g/mol. The number of rotatable bonds is 5. The molecule has 1 heterocycles. The SMILES string of the molecule is C=C(c1ccc(C(=O)O[C@@H]2OC(C(=O)O)[C@@H](O)C(O)C2O)cc1)c1cc2c(cc1C)C(C)(C)CCC2(C)C. The molecular weight excluding hydrogens is 488 g/mol. The van der Waals surface area contributed by atoms with E-state index >= 15 is 0 Å². The van der Waals surface area contributed by atoms with Gasteiger partial charge in [-0.1, -0.05) is 58.5 Å². The maximum atomic E-state index is 12.7. The van der Waals surface area contributed by atoms with Crippen LogP contribution in [0.25, 0.3) is 5.57 Å². The Labute approximate surface area is 222 Å². The summed E-state index contributed by atoms with van der Waals surface area (Å²) in [4.78, 5) is 24.0. The summed E-state index contributed by atoms with van der Waals surface area (Å²) in [6.45, 7) is 15.5. The van der Waals surface area contributed by atoms with E-state index in [4.69, 9.17) is 9.47 Å². The molecule has 38 heavy (non-hydrogen) atoms. The van der Waals surface area contributed by atoms with E-state index in [-0.39, 0.29) is 16.4 Å². The molecule has 0 radical (unpaired) electrons. The summed E-state index contributed by atoms with van der Waals surface area (Å²) >= 11 is 0. The van der Waals surface area contributed by atoms with E-state index in [0.717, 1.165) is 35.1 Å². The first-order valence-electron chi connectivity index (χ1n) is 12.7. The predicted octanol–water partition coefficient (Wildman–Crippen LogP) is 3.45. The Morgan fingerprint density at radius 3 is 1.97 bits per heavy atom. The molecular formula is C30H36O8. The monoisotopic (exact) mass is 524 g/mol. The first-order valence-corrected chi connectivity index (χ1v) is 12.7. The van der Waals surface area contributed by atoms with Crippen LogP contribution >= 0.6 is 0 Å². The zero-order chi connectivity index (χ0) is 28.2. The highest BCUT2D eigenvalue weighted by Gasteiger charge is 2.48. The van der Waals surface area contributed by atoms with E-state index in [2.05, 4.69) is 53.3 Å². The van der Waals surface area contributed by atoms with Crippen LogP contribution in [0.5, 0.6) is 0 Å². The van der Waals surface area contributed by atoms with Gasteiger partial charge in [0.1, 0.15) is 18.3 Å². The third-order valence-corrected chi connectivity index (χ3v) is 8.03. The van der Waals surface area contributed by atoms with E-state index in [1.165, 1.54) is 11.1 Å². The number of carbonyl (C=O) groups excluding carboxylic acids is 1. The van der Waals surface area contributed by atoms with Crippen molar-refractivity contribution >= 4 is 17.5 Å². The van der Waals surface area contributed by atoms with E-state index in [1.54, 1.807) is 24.3 Å². The summed E-state index contributed by atoms with van der Waals surface area (Å²) in [6.07, 6.45) is -6.93. The van der Waals surface area contributed by atoms with Crippen molar-refractivity contribution in [3.63, 3.8) is 0 Å². The van der Waals surface area contributed by atoms with E-state index in [9.17, 15) is 30.0 Å². The van der Waals surface area contributed by atoms with Gasteiger partial charge in [0.25, 0.3) is 0 Å². The average Bonchev–Trinajstić information content (AvgIpc) is 2.86. The van der Waals surface area contributed by atoms with E-state index < -0.39 is 42.6 Å². The lowest BCUT2D eigenvalue weighted by Gasteiger charge is -2.42. The molecule has 204 valence electrons. The van der Waals surface area contributed by atoms with Crippen LogP contribution in [0.2, 0.25) is 0 Å². The molecule has 2 aromatic carbocycles. The number of ether oxygens (including phenoxy) is 2. The largest absolute Gasteiger partial charge is 0.479 e. The number of aliphatic carboxylic acids is 1. The number of aliphatic hydroxyl groups excluding tert-OH is 3. The summed E-state index contributed by atoms with van der Waals surface area (Å²) in [5, 5.41) is 39.0. The quantitative estimate of drug-likeness (QED) is 0.437. The molecule has 1 aliphatic heterocycles. The van der Waals surface area contributed by atoms with E-state index in [1.807, 2.05) is 0 Å². The summed E-state index contributed by atoms with van der Waals surface area (Å²) in [6, 6.07) is 11.1. The highest BCUT2D eigenvalue weighted by Crippen LogP contribution is 2.47. The van der Waals surface area contributed by atoms with Crippen molar-refractivity contribution in [1.82, 2.24) is 0 Å². The lowest BCUT2D eigenvalue weighted by Crippen LogP contribution is -2.60. The van der Waals surface area contributed by atoms with E-state index in [0.29, 0.717) is 0 Å². The van der Waals surface area contributed by atoms with Crippen LogP contribution in [0.3, 0.4) is 0 Å². The number of hydrogen-bond donors (Lipinski definition) is 4. The molecule has 2 aliphatic rings. The smallest absolute Gasteiger partial charge is 0.340 e. The van der Waals surface area contributed by atoms with Gasteiger partial charge in [0.2, 0.25) is 6.29 Å². The van der Waals surface area contributed by atoms with Crippen LogP contribution < -0.4 is 0 Å². The van der Waals surface area contributed by atoms with Crippen molar-refractivity contribution in [2.45, 2.75) is 89.0 Å². The Bertz CT molecular complexity index is 1260. The minimum atomic E-state index is -1.87. The van der Waals surface area contributed by atoms with Gasteiger partial charge < -0.3 is 29.9 Å². The zero-order valence-electron chi connectivity index (χ0n) is 22.4. The molecule has 4 N–H and O–H groups in total. The van der Waals surface area contributed by atoms with Gasteiger partial charge in [0.15, 0.2) is 6.10 Å². The Hall–Kier alpha value is -3.04. The Morgan fingerprint density at radius 1 is 0.895 bits per heavy atom. The van der Waals surface area contributed by atoms with Gasteiger partial charge in [0.05, 0.1) is 5.56 Å². The number of esters is 1. The number of aryl methyl sites for hydroxylation is 1. The third-order valence-electron chi connectivity index (χ3n) is 8.03. The van der Waals surface area contributed by atoms with Crippen molar-refractivity contribution in [1.29, 1.82) is 0 Å². The van der Waals surface area contributed by atoms with Crippen LogP contribution in [0, 0.1) is 6.92 Å². The molecule has 1 aliphatic carbocycles. The van der Waals surface area contributed by atoms with Crippen molar-refractivity contribution in [3.05, 3.63) is 76.4 Å². The van der Waals surface area contributed by atoms with Gasteiger partial charge in [-0.15, -0.1) is 0 Å². The number of carbonyl (C=O) groups is 2. The molecule has 2 aromatic rings. The number of hydrogen-bond acceptors (Lipinski definition) is 7. The standard InChI is InChI=1S/C30H36O8/c1-15-13-20-21(30(5,6)12-11-29(20,3)4)14-19(15)16(2)17-7-9-18(10-8-17)27(36)38-28-24(33)22(31)23(32)25(37-28)26(34)35/h7-10,13-14,22-25,28,31-33H,2,11-12H2,1,3-6H3,(H,34,35)/t22?,23-,24?,25?,28-/m0/s1. The van der Waals surface area contributed by atoms with Gasteiger partial charge in [-0.3, -0.25) is 0 Å². The minimum absolute atomic E-state index is 0.0518. The number of carboxylic acids is 1. The Morgan fingerprint density at radius 2 is 1.42 bits per heavy atom. The van der Waals surface area contributed by atoms with Crippen LogP contribution in [0.15, 0.2) is 43.0 Å². The first kappa shape index (κ1) is 28.0. The van der Waals surface area contributed by atoms with Crippen molar-refractivity contribution in [2.75, 3.05) is 0 Å². The van der Waals surface area contributed by atoms with Gasteiger partial charge in [0, 0.05) is 0 Å². The second-order valence-electron chi connectivity index (χ2n) is 11.7. The normalized spacial score (nSPS) is 27.7. The highest BCUT2D eigenvalue weighted by molar-refractivity contribution is 5.90. The molecule has 3 unspecified atom stereocenters. The molecule has 5 atom stereocenters. The molecule has 1 saturated heterocycles. The first-order chi connectivity index (χ1) is 17.6. The second kappa shape index (κ2) is 9.93. The number of benzene rings is 2. The maximum Gasteiger partial charge on any atom is 0.340 e. The fraction of sp³-hybridized carbons (Fsp3) is 0.467. The topological polar surface area (TPSA) is 134 Å². The predicted molar refractivity (Wildman–Crippen MR) is 141 cm³/mol. The molecule has 0 aromatic heterocycles. The summed E-state index contributed by atoms with van der Waals surface area (Å²) in [5.74, 6) is -2.44. The molecule has 1 fully saturated rings. The maximum absolute atomic E-state index is 12.7. The van der Waals surface area contributed by atoms with Gasteiger partial charge in [-0.05, 0) is 76.1 Å². The molecule has 8 heteroatoms. The summed E-state index contributed by atoms with van der Waals surface area (Å²) < 4.78 is 10.2. The minimum Gasteiger partial charge on any atom is -0.479 e. The van der Waals surface area contributed by atoms with Crippen molar-refractivity contribution < 1.29 is 39.5 Å². The van der Waals surface area contributed by atoms with Crippen LogP contribution in [0.4, 0.5) is 0 Å². The lowest BCUT2D eigenvalue weighted by atomic mass is 9.62. The highest BCUT2D eigenvalue weighted by atomic mass is 16.7. The molecule has 0 bridgehead atoms. The number of aliphatic hydroxyl groups is 3. The summed E-state index contributed by atoms with van der Waals surface area (Å²) in [5.41, 5.74) is 6.78. The Kier molecular flexibility index (Phi) is 7.31. The molecule has 0 saturated carbocycles. The van der Waals surface area contributed by atoms with Crippen molar-refractivity contribution in [3.8, 4) is 0 Å². The molecule has 0 amide bonds. The molecule has 4 rings (SSSR count). The van der Waals surface area contributed by atoms with Crippen LogP contribution in [0.1, 0.15) is 78.7 Å². The fourth-order valence-corrected chi connectivity index (χ4v) is 5.33. The van der Waals surface area contributed by atoms with Crippen LogP contribution in [-0.4, -0.2) is 63.1 Å². The lowest BCUT2D eigenvalue weighted by molar-refractivity contribution is -0.278. The molecule has 8 nitrogen and oxygen atoms in total. The number of fused-ring (bicyclic) bond motifs is 1. The fourth-order valence-electron chi connectivity index (χ4n) is 5.33. The second-order valence-corrected chi connectivity index (χ2v) is 11.7. The number of carboxylic acid groups (broad SMARTS) is 1. The van der Waals surface area contributed by atoms with Crippen LogP contribution in [-0.2, 0) is 25.1 Å². The molecule has 0 spiro atoms. The van der Waals surface area contributed by atoms with Gasteiger partial charge in [-0.2, -0.15) is 0 Å². The Balaban J connectivity index is 1.54. The summed E-state index contributed by atoms with van der Waals surface area (Å²) in [7, 11) is 0.